The normalized spacial score (nSPS) is 14.2. The van der Waals surface area contributed by atoms with E-state index in [4.69, 9.17) is 14.6 Å². The molecule has 2 amide bonds. The van der Waals surface area contributed by atoms with Crippen molar-refractivity contribution in [3.05, 3.63) is 46.9 Å². The van der Waals surface area contributed by atoms with Crippen LogP contribution in [0.25, 0.3) is 10.2 Å². The van der Waals surface area contributed by atoms with Crippen LogP contribution < -0.4 is 10.1 Å². The van der Waals surface area contributed by atoms with Crippen molar-refractivity contribution in [1.29, 1.82) is 0 Å². The predicted molar refractivity (Wildman–Crippen MR) is 125 cm³/mol. The number of thiazole rings is 1. The number of anilines is 1. The fourth-order valence-corrected chi connectivity index (χ4v) is 4.95. The summed E-state index contributed by atoms with van der Waals surface area (Å²) in [6, 6.07) is 6.18. The lowest BCUT2D eigenvalue weighted by molar-refractivity contribution is 0.0766. The van der Waals surface area contributed by atoms with Gasteiger partial charge < -0.3 is 19.5 Å². The fourth-order valence-electron chi connectivity index (χ4n) is 3.88. The van der Waals surface area contributed by atoms with Gasteiger partial charge in [0.2, 0.25) is 11.8 Å². The van der Waals surface area contributed by atoms with Crippen molar-refractivity contribution in [2.45, 2.75) is 18.8 Å². The molecule has 1 fully saturated rings. The molecule has 0 bridgehead atoms. The van der Waals surface area contributed by atoms with Crippen molar-refractivity contribution >= 4 is 38.5 Å². The number of methoxy groups -OCH3 is 1. The zero-order valence-corrected chi connectivity index (χ0v) is 19.7. The zero-order chi connectivity index (χ0) is 24.2. The first-order chi connectivity index (χ1) is 16.4. The average Bonchev–Trinajstić information content (AvgIpc) is 3.26. The number of nitrogens with one attached hydrogen (secondary N) is 1. The third-order valence-corrected chi connectivity index (χ3v) is 6.72. The number of carbonyl (C=O) groups excluding carboxylic acids is 2. The molecule has 0 aliphatic carbocycles. The molecule has 3 aromatic rings. The number of amides is 2. The van der Waals surface area contributed by atoms with Gasteiger partial charge in [-0.3, -0.25) is 14.9 Å². The number of likely N-dealkylation sites (N-methyl/N-ethyl adjacent to an activating group) is 1. The Morgan fingerprint density at radius 2 is 1.91 bits per heavy atom. The van der Waals surface area contributed by atoms with Crippen LogP contribution in [0.4, 0.5) is 9.52 Å². The molecular weight excluding hydrogens is 463 g/mol. The van der Waals surface area contributed by atoms with E-state index in [0.717, 1.165) is 0 Å². The lowest BCUT2D eigenvalue weighted by Crippen LogP contribution is -2.29. The second kappa shape index (κ2) is 10.4. The van der Waals surface area contributed by atoms with Gasteiger partial charge in [-0.05, 0) is 43.0 Å². The molecule has 180 valence electrons. The van der Waals surface area contributed by atoms with Crippen LogP contribution in [0, 0.1) is 5.95 Å². The van der Waals surface area contributed by atoms with Gasteiger partial charge in [0.1, 0.15) is 5.52 Å². The van der Waals surface area contributed by atoms with Gasteiger partial charge in [-0.15, -0.1) is 0 Å². The number of hydrogen-bond acceptors (Lipinski definition) is 8. The number of carbonyl (C=O) groups is 2. The minimum absolute atomic E-state index is 0.0484. The highest BCUT2D eigenvalue weighted by molar-refractivity contribution is 7.22. The standard InChI is InChI=1S/C23H25FN4O5S/c1-28(9-10-29)22(31)15-5-3-14(4-6-15)20(30)27-23-25-17-18(34-23)16(13-7-11-33-12-8-13)19(24)26-21(17)32-2/h3-6,13,29H,7-12H2,1-2H3,(H,25,27,30). The Hall–Kier alpha value is -3.15. The average molecular weight is 489 g/mol. The highest BCUT2D eigenvalue weighted by atomic mass is 32.1. The first-order valence-electron chi connectivity index (χ1n) is 10.8. The Balaban J connectivity index is 1.58. The Labute approximate surface area is 199 Å². The number of fused-ring (bicyclic) bond motifs is 1. The number of benzene rings is 1. The molecule has 0 saturated carbocycles. The van der Waals surface area contributed by atoms with E-state index in [1.165, 1.54) is 35.5 Å². The maximum Gasteiger partial charge on any atom is 0.257 e. The summed E-state index contributed by atoms with van der Waals surface area (Å²) in [5.41, 5.74) is 1.62. The molecule has 0 spiro atoms. The van der Waals surface area contributed by atoms with Crippen LogP contribution >= 0.6 is 11.3 Å². The topological polar surface area (TPSA) is 114 Å². The highest BCUT2D eigenvalue weighted by Gasteiger charge is 2.27. The number of halogens is 1. The van der Waals surface area contributed by atoms with Crippen molar-refractivity contribution in [2.75, 3.05) is 45.8 Å². The zero-order valence-electron chi connectivity index (χ0n) is 18.8. The summed E-state index contributed by atoms with van der Waals surface area (Å²) in [5.74, 6) is -1.25. The van der Waals surface area contributed by atoms with E-state index in [1.807, 2.05) is 0 Å². The first kappa shape index (κ1) is 24.0. The van der Waals surface area contributed by atoms with Crippen molar-refractivity contribution < 1.29 is 28.6 Å². The molecule has 4 rings (SSSR count). The molecule has 0 radical (unpaired) electrons. The molecule has 2 aromatic heterocycles. The number of hydrogen-bond donors (Lipinski definition) is 2. The number of nitrogens with zero attached hydrogens (tertiary/aromatic N) is 3. The van der Waals surface area contributed by atoms with Crippen LogP contribution in [0.3, 0.4) is 0 Å². The largest absolute Gasteiger partial charge is 0.479 e. The van der Waals surface area contributed by atoms with Gasteiger partial charge in [-0.2, -0.15) is 9.37 Å². The number of aliphatic hydroxyl groups is 1. The Bertz CT molecular complexity index is 1190. The van der Waals surface area contributed by atoms with Crippen molar-refractivity contribution in [2.24, 2.45) is 0 Å². The van der Waals surface area contributed by atoms with Crippen LogP contribution in [0.2, 0.25) is 0 Å². The maximum atomic E-state index is 14.9. The molecule has 0 atom stereocenters. The molecule has 3 heterocycles. The van der Waals surface area contributed by atoms with Crippen LogP contribution in [-0.2, 0) is 4.74 Å². The van der Waals surface area contributed by atoms with Crippen molar-refractivity contribution in [3.8, 4) is 5.88 Å². The van der Waals surface area contributed by atoms with Gasteiger partial charge in [0.05, 0.1) is 18.4 Å². The van der Waals surface area contributed by atoms with E-state index >= 15 is 0 Å². The fraction of sp³-hybridized carbons (Fsp3) is 0.391. The number of ether oxygens (including phenoxy) is 2. The second-order valence-electron chi connectivity index (χ2n) is 7.89. The second-order valence-corrected chi connectivity index (χ2v) is 8.89. The summed E-state index contributed by atoms with van der Waals surface area (Å²) in [5, 5.41) is 12.0. The lowest BCUT2D eigenvalue weighted by atomic mass is 9.92. The van der Waals surface area contributed by atoms with Gasteiger partial charge >= 0.3 is 0 Å². The summed E-state index contributed by atoms with van der Waals surface area (Å²) in [6.45, 7) is 1.18. The van der Waals surface area contributed by atoms with Gasteiger partial charge in [-0.25, -0.2) is 4.98 Å². The minimum Gasteiger partial charge on any atom is -0.479 e. The Kier molecular flexibility index (Phi) is 7.35. The van der Waals surface area contributed by atoms with Crippen LogP contribution in [0.1, 0.15) is 45.0 Å². The van der Waals surface area contributed by atoms with Crippen LogP contribution in [0.5, 0.6) is 5.88 Å². The molecule has 1 saturated heterocycles. The Morgan fingerprint density at radius 1 is 1.24 bits per heavy atom. The molecule has 2 N–H and O–H groups in total. The van der Waals surface area contributed by atoms with Crippen LogP contribution in [-0.4, -0.2) is 72.3 Å². The molecule has 9 nitrogen and oxygen atoms in total. The Morgan fingerprint density at radius 3 is 2.56 bits per heavy atom. The summed E-state index contributed by atoms with van der Waals surface area (Å²) < 4.78 is 26.1. The van der Waals surface area contributed by atoms with E-state index in [0.29, 0.717) is 58.1 Å². The van der Waals surface area contributed by atoms with Crippen molar-refractivity contribution in [1.82, 2.24) is 14.9 Å². The first-order valence-corrected chi connectivity index (χ1v) is 11.6. The van der Waals surface area contributed by atoms with Gasteiger partial charge in [0, 0.05) is 43.5 Å². The molecule has 1 aliphatic heterocycles. The van der Waals surface area contributed by atoms with E-state index in [-0.39, 0.29) is 30.9 Å². The van der Waals surface area contributed by atoms with E-state index in [9.17, 15) is 14.0 Å². The maximum absolute atomic E-state index is 14.9. The van der Waals surface area contributed by atoms with E-state index in [2.05, 4.69) is 15.3 Å². The molecule has 1 aliphatic rings. The lowest BCUT2D eigenvalue weighted by Gasteiger charge is -2.22. The molecule has 1 aromatic carbocycles. The third-order valence-electron chi connectivity index (χ3n) is 5.72. The van der Waals surface area contributed by atoms with Gasteiger partial charge in [0.25, 0.3) is 11.8 Å². The van der Waals surface area contributed by atoms with Gasteiger partial charge in [0.15, 0.2) is 5.13 Å². The molecule has 34 heavy (non-hydrogen) atoms. The number of pyridine rings is 1. The summed E-state index contributed by atoms with van der Waals surface area (Å²) in [7, 11) is 2.99. The summed E-state index contributed by atoms with van der Waals surface area (Å²) in [6.07, 6.45) is 1.36. The molecular formula is C23H25FN4O5S. The van der Waals surface area contributed by atoms with Crippen molar-refractivity contribution in [3.63, 3.8) is 0 Å². The summed E-state index contributed by atoms with van der Waals surface area (Å²) >= 11 is 1.17. The highest BCUT2D eigenvalue weighted by Crippen LogP contribution is 2.41. The van der Waals surface area contributed by atoms with E-state index in [1.54, 1.807) is 19.2 Å². The predicted octanol–water partition coefficient (Wildman–Crippen LogP) is 3.05. The molecule has 11 heteroatoms. The smallest absolute Gasteiger partial charge is 0.257 e. The van der Waals surface area contributed by atoms with Gasteiger partial charge in [-0.1, -0.05) is 11.3 Å². The third kappa shape index (κ3) is 4.86. The monoisotopic (exact) mass is 488 g/mol. The SMILES string of the molecule is COc1nc(F)c(C2CCOCC2)c2sc(NC(=O)c3ccc(C(=O)N(C)CCO)cc3)nc12. The number of aliphatic hydroxyl groups excluding tert-OH is 1. The summed E-state index contributed by atoms with van der Waals surface area (Å²) in [4.78, 5) is 34.9. The number of rotatable bonds is 7. The quantitative estimate of drug-likeness (QED) is 0.492. The number of aromatic nitrogens is 2. The molecule has 0 unspecified atom stereocenters. The van der Waals surface area contributed by atoms with E-state index < -0.39 is 11.9 Å². The van der Waals surface area contributed by atoms with Crippen LogP contribution in [0.15, 0.2) is 24.3 Å². The minimum atomic E-state index is -0.593.